The Labute approximate surface area is 115 Å². The molecule has 19 heavy (non-hydrogen) atoms. The zero-order chi connectivity index (χ0) is 13.3. The second-order valence-electron chi connectivity index (χ2n) is 6.15. The van der Waals surface area contributed by atoms with Crippen LogP contribution in [-0.4, -0.2) is 37.0 Å². The van der Waals surface area contributed by atoms with Gasteiger partial charge in [0.05, 0.1) is 5.92 Å². The molecule has 0 aliphatic carbocycles. The number of piperidine rings is 1. The molecule has 102 valence electrons. The van der Waals surface area contributed by atoms with Gasteiger partial charge in [0.25, 0.3) is 0 Å². The van der Waals surface area contributed by atoms with Gasteiger partial charge in [-0.25, -0.2) is 0 Å². The summed E-state index contributed by atoms with van der Waals surface area (Å²) in [5, 5.41) is 3.19. The van der Waals surface area contributed by atoms with Crippen molar-refractivity contribution in [2.24, 2.45) is 5.92 Å². The number of carbonyl (C=O) groups is 1. The fraction of sp³-hybridized carbons (Fsp3) is 0.562. The average Bonchev–Trinajstić information content (AvgIpc) is 2.38. The Hall–Kier alpha value is -1.35. The van der Waals surface area contributed by atoms with E-state index < -0.39 is 0 Å². The molecule has 2 heterocycles. The summed E-state index contributed by atoms with van der Waals surface area (Å²) < 4.78 is 0. The molecule has 2 aliphatic heterocycles. The van der Waals surface area contributed by atoms with Gasteiger partial charge in [0.2, 0.25) is 5.91 Å². The van der Waals surface area contributed by atoms with Crippen molar-refractivity contribution in [1.82, 2.24) is 10.2 Å². The van der Waals surface area contributed by atoms with Crippen molar-refractivity contribution in [2.75, 3.05) is 26.2 Å². The van der Waals surface area contributed by atoms with E-state index in [4.69, 9.17) is 0 Å². The van der Waals surface area contributed by atoms with Gasteiger partial charge in [-0.2, -0.15) is 0 Å². The fourth-order valence-electron chi connectivity index (χ4n) is 3.23. The summed E-state index contributed by atoms with van der Waals surface area (Å²) in [5.41, 5.74) is 1.48. The minimum atomic E-state index is 0.117. The number of benzene rings is 1. The van der Waals surface area contributed by atoms with Crippen molar-refractivity contribution in [1.29, 1.82) is 0 Å². The molecule has 3 heteroatoms. The first-order valence-corrected chi connectivity index (χ1v) is 7.24. The van der Waals surface area contributed by atoms with E-state index in [0.29, 0.717) is 5.91 Å². The van der Waals surface area contributed by atoms with Gasteiger partial charge in [-0.3, -0.25) is 4.79 Å². The molecule has 0 saturated carbocycles. The summed E-state index contributed by atoms with van der Waals surface area (Å²) in [6.07, 6.45) is 2.28. The Balaban J connectivity index is 1.75. The van der Waals surface area contributed by atoms with E-state index in [9.17, 15) is 4.79 Å². The smallest absolute Gasteiger partial charge is 0.228 e. The van der Waals surface area contributed by atoms with Crippen molar-refractivity contribution in [3.63, 3.8) is 0 Å². The van der Waals surface area contributed by atoms with Crippen LogP contribution in [0.3, 0.4) is 0 Å². The standard InChI is InChI=1S/C16H22N2O/c1-16(14-6-3-2-4-7-14)8-5-9-18(12-16)15(19)13-10-17-11-13/h2-4,6-7,13,17H,5,8-12H2,1H3. The summed E-state index contributed by atoms with van der Waals surface area (Å²) in [4.78, 5) is 14.5. The van der Waals surface area contributed by atoms with Crippen molar-refractivity contribution in [3.05, 3.63) is 35.9 Å². The van der Waals surface area contributed by atoms with Crippen LogP contribution in [-0.2, 0) is 10.2 Å². The zero-order valence-corrected chi connectivity index (χ0v) is 11.6. The molecule has 1 aromatic rings. The Morgan fingerprint density at radius 1 is 1.32 bits per heavy atom. The lowest BCUT2D eigenvalue weighted by atomic mass is 9.75. The molecule has 1 atom stereocenters. The number of amides is 1. The van der Waals surface area contributed by atoms with Crippen LogP contribution in [0.15, 0.2) is 30.3 Å². The minimum Gasteiger partial charge on any atom is -0.341 e. The summed E-state index contributed by atoms with van der Waals surface area (Å²) in [6, 6.07) is 10.6. The predicted molar refractivity (Wildman–Crippen MR) is 76.0 cm³/mol. The van der Waals surface area contributed by atoms with Crippen molar-refractivity contribution in [3.8, 4) is 0 Å². The molecule has 3 nitrogen and oxygen atoms in total. The molecule has 2 saturated heterocycles. The van der Waals surface area contributed by atoms with Gasteiger partial charge in [0.1, 0.15) is 0 Å². The van der Waals surface area contributed by atoms with Crippen LogP contribution in [0, 0.1) is 5.92 Å². The van der Waals surface area contributed by atoms with E-state index in [1.54, 1.807) is 0 Å². The number of rotatable bonds is 2. The van der Waals surface area contributed by atoms with Gasteiger partial charge in [-0.05, 0) is 18.4 Å². The summed E-state index contributed by atoms with van der Waals surface area (Å²) in [7, 11) is 0. The zero-order valence-electron chi connectivity index (χ0n) is 11.6. The highest BCUT2D eigenvalue weighted by Crippen LogP contribution is 2.34. The predicted octanol–water partition coefficient (Wildman–Crippen LogP) is 1.79. The third-order valence-corrected chi connectivity index (χ3v) is 4.61. The molecule has 1 aromatic carbocycles. The minimum absolute atomic E-state index is 0.117. The van der Waals surface area contributed by atoms with Crippen LogP contribution in [0.4, 0.5) is 0 Å². The SMILES string of the molecule is CC1(c2ccccc2)CCCN(C(=O)C2CNC2)C1. The first-order valence-electron chi connectivity index (χ1n) is 7.24. The number of carbonyl (C=O) groups excluding carboxylic acids is 1. The molecule has 1 amide bonds. The number of nitrogens with zero attached hydrogens (tertiary/aromatic N) is 1. The van der Waals surface area contributed by atoms with Crippen LogP contribution < -0.4 is 5.32 Å². The molecule has 1 N–H and O–H groups in total. The molecular formula is C16H22N2O. The molecule has 0 radical (unpaired) electrons. The maximum absolute atomic E-state index is 12.4. The maximum Gasteiger partial charge on any atom is 0.228 e. The van der Waals surface area contributed by atoms with Gasteiger partial charge in [0.15, 0.2) is 0 Å². The van der Waals surface area contributed by atoms with Crippen LogP contribution in [0.1, 0.15) is 25.3 Å². The van der Waals surface area contributed by atoms with Crippen LogP contribution in [0.5, 0.6) is 0 Å². The number of nitrogens with one attached hydrogen (secondary N) is 1. The largest absolute Gasteiger partial charge is 0.341 e. The lowest BCUT2D eigenvalue weighted by Crippen LogP contribution is -2.55. The van der Waals surface area contributed by atoms with Gasteiger partial charge >= 0.3 is 0 Å². The van der Waals surface area contributed by atoms with Crippen LogP contribution >= 0.6 is 0 Å². The number of hydrogen-bond acceptors (Lipinski definition) is 2. The third-order valence-electron chi connectivity index (χ3n) is 4.61. The summed E-state index contributed by atoms with van der Waals surface area (Å²) in [6.45, 7) is 5.81. The second kappa shape index (κ2) is 4.97. The van der Waals surface area contributed by atoms with E-state index >= 15 is 0 Å². The topological polar surface area (TPSA) is 32.3 Å². The van der Waals surface area contributed by atoms with Gasteiger partial charge < -0.3 is 10.2 Å². The lowest BCUT2D eigenvalue weighted by molar-refractivity contribution is -0.139. The number of likely N-dealkylation sites (tertiary alicyclic amines) is 1. The molecule has 2 aliphatic rings. The molecule has 0 aromatic heterocycles. The van der Waals surface area contributed by atoms with Gasteiger partial charge in [-0.15, -0.1) is 0 Å². The molecule has 3 rings (SSSR count). The Kier molecular flexibility index (Phi) is 3.31. The molecule has 0 spiro atoms. The van der Waals surface area contributed by atoms with E-state index in [1.807, 2.05) is 0 Å². The summed E-state index contributed by atoms with van der Waals surface area (Å²) >= 11 is 0. The quantitative estimate of drug-likeness (QED) is 0.877. The van der Waals surface area contributed by atoms with E-state index in [1.165, 1.54) is 12.0 Å². The van der Waals surface area contributed by atoms with E-state index in [2.05, 4.69) is 47.5 Å². The molecule has 2 fully saturated rings. The van der Waals surface area contributed by atoms with Crippen LogP contribution in [0.2, 0.25) is 0 Å². The van der Waals surface area contributed by atoms with Crippen LogP contribution in [0.25, 0.3) is 0 Å². The lowest BCUT2D eigenvalue weighted by Gasteiger charge is -2.43. The maximum atomic E-state index is 12.4. The van der Waals surface area contributed by atoms with Gasteiger partial charge in [0, 0.05) is 31.6 Å². The molecular weight excluding hydrogens is 236 g/mol. The second-order valence-corrected chi connectivity index (χ2v) is 6.15. The monoisotopic (exact) mass is 258 g/mol. The van der Waals surface area contributed by atoms with Crippen molar-refractivity contribution < 1.29 is 4.79 Å². The van der Waals surface area contributed by atoms with Gasteiger partial charge in [-0.1, -0.05) is 37.3 Å². The Morgan fingerprint density at radius 3 is 2.68 bits per heavy atom. The normalized spacial score (nSPS) is 27.9. The Morgan fingerprint density at radius 2 is 2.05 bits per heavy atom. The number of hydrogen-bond donors (Lipinski definition) is 1. The molecule has 0 bridgehead atoms. The van der Waals surface area contributed by atoms with Crippen molar-refractivity contribution >= 4 is 5.91 Å². The Bertz CT molecular complexity index is 455. The highest BCUT2D eigenvalue weighted by molar-refractivity contribution is 5.80. The highest BCUT2D eigenvalue weighted by Gasteiger charge is 2.37. The van der Waals surface area contributed by atoms with Crippen molar-refractivity contribution in [2.45, 2.75) is 25.2 Å². The third kappa shape index (κ3) is 2.39. The van der Waals surface area contributed by atoms with E-state index in [-0.39, 0.29) is 11.3 Å². The molecule has 1 unspecified atom stereocenters. The first kappa shape index (κ1) is 12.7. The average molecular weight is 258 g/mol. The highest BCUT2D eigenvalue weighted by atomic mass is 16.2. The first-order chi connectivity index (χ1) is 9.19. The summed E-state index contributed by atoms with van der Waals surface area (Å²) in [5.74, 6) is 0.568. The van der Waals surface area contributed by atoms with E-state index in [0.717, 1.165) is 32.6 Å². The fourth-order valence-corrected chi connectivity index (χ4v) is 3.23.